The highest BCUT2D eigenvalue weighted by atomic mass is 32.1. The molecule has 0 amide bonds. The lowest BCUT2D eigenvalue weighted by molar-refractivity contribution is 0.211. The highest BCUT2D eigenvalue weighted by molar-refractivity contribution is 7.09. The summed E-state index contributed by atoms with van der Waals surface area (Å²) < 4.78 is 0. The predicted molar refractivity (Wildman–Crippen MR) is 70.4 cm³/mol. The fourth-order valence-corrected chi connectivity index (χ4v) is 3.93. The molecule has 3 heteroatoms. The monoisotopic (exact) mass is 251 g/mol. The van der Waals surface area contributed by atoms with Gasteiger partial charge in [-0.2, -0.15) is 0 Å². The average molecular weight is 251 g/mol. The molecule has 1 N–H and O–H groups in total. The number of hydrogen-bond acceptors (Lipinski definition) is 3. The van der Waals surface area contributed by atoms with Crippen molar-refractivity contribution in [3.8, 4) is 0 Å². The molecule has 1 aromatic heterocycles. The summed E-state index contributed by atoms with van der Waals surface area (Å²) in [7, 11) is 0. The lowest BCUT2D eigenvalue weighted by atomic mass is 9.87. The van der Waals surface area contributed by atoms with Crippen molar-refractivity contribution in [2.24, 2.45) is 5.41 Å². The largest absolute Gasteiger partial charge is 0.396 e. The quantitative estimate of drug-likeness (QED) is 0.888. The van der Waals surface area contributed by atoms with Gasteiger partial charge in [0.05, 0.1) is 10.7 Å². The van der Waals surface area contributed by atoms with Crippen molar-refractivity contribution >= 4 is 11.3 Å². The van der Waals surface area contributed by atoms with Gasteiger partial charge in [0.1, 0.15) is 0 Å². The second kappa shape index (κ2) is 4.69. The van der Waals surface area contributed by atoms with Gasteiger partial charge in [-0.1, -0.05) is 19.3 Å². The maximum atomic E-state index is 9.35. The van der Waals surface area contributed by atoms with Crippen LogP contribution in [-0.4, -0.2) is 16.7 Å². The van der Waals surface area contributed by atoms with Crippen molar-refractivity contribution in [2.75, 3.05) is 6.61 Å². The fourth-order valence-electron chi connectivity index (χ4n) is 2.88. The summed E-state index contributed by atoms with van der Waals surface area (Å²) >= 11 is 1.80. The van der Waals surface area contributed by atoms with Gasteiger partial charge in [0.2, 0.25) is 0 Å². The normalized spacial score (nSPS) is 23.8. The standard InChI is InChI=1S/C14H21NOS/c16-10-14(6-7-14)8-13-15-12(9-17-13)11-4-2-1-3-5-11/h9,11,16H,1-8,10H2. The van der Waals surface area contributed by atoms with Gasteiger partial charge >= 0.3 is 0 Å². The van der Waals surface area contributed by atoms with Crippen molar-refractivity contribution < 1.29 is 5.11 Å². The molecule has 0 aromatic carbocycles. The van der Waals surface area contributed by atoms with Gasteiger partial charge in [-0.25, -0.2) is 4.98 Å². The molecule has 17 heavy (non-hydrogen) atoms. The van der Waals surface area contributed by atoms with Crippen molar-refractivity contribution in [3.05, 3.63) is 16.1 Å². The minimum atomic E-state index is 0.210. The molecule has 2 aliphatic carbocycles. The molecule has 0 bridgehead atoms. The zero-order valence-corrected chi connectivity index (χ0v) is 11.1. The first-order valence-electron chi connectivity index (χ1n) is 6.86. The third-order valence-corrected chi connectivity index (χ3v) is 5.28. The maximum absolute atomic E-state index is 9.35. The summed E-state index contributed by atoms with van der Waals surface area (Å²) in [5, 5.41) is 12.9. The van der Waals surface area contributed by atoms with E-state index in [1.165, 1.54) is 55.6 Å². The van der Waals surface area contributed by atoms with Crippen molar-refractivity contribution in [1.82, 2.24) is 4.98 Å². The molecule has 2 nitrogen and oxygen atoms in total. The summed E-state index contributed by atoms with van der Waals surface area (Å²) in [5.41, 5.74) is 1.54. The topological polar surface area (TPSA) is 33.1 Å². The summed E-state index contributed by atoms with van der Waals surface area (Å²) in [6, 6.07) is 0. The van der Waals surface area contributed by atoms with Crippen LogP contribution in [0.2, 0.25) is 0 Å². The van der Waals surface area contributed by atoms with E-state index in [0.29, 0.717) is 6.61 Å². The Hall–Kier alpha value is -0.410. The third kappa shape index (κ3) is 2.55. The van der Waals surface area contributed by atoms with E-state index in [1.807, 2.05) is 0 Å². The highest BCUT2D eigenvalue weighted by Gasteiger charge is 2.42. The van der Waals surface area contributed by atoms with Gasteiger partial charge in [-0.3, -0.25) is 0 Å². The van der Waals surface area contributed by atoms with E-state index in [-0.39, 0.29) is 5.41 Å². The van der Waals surface area contributed by atoms with Crippen LogP contribution in [0.1, 0.15) is 61.6 Å². The number of hydrogen-bond donors (Lipinski definition) is 1. The summed E-state index contributed by atoms with van der Waals surface area (Å²) in [6.07, 6.45) is 10.2. The molecule has 1 heterocycles. The second-order valence-corrected chi connectivity index (χ2v) is 6.78. The van der Waals surface area contributed by atoms with E-state index in [1.54, 1.807) is 11.3 Å². The van der Waals surface area contributed by atoms with E-state index in [9.17, 15) is 5.11 Å². The molecular weight excluding hydrogens is 230 g/mol. The van der Waals surface area contributed by atoms with E-state index in [4.69, 9.17) is 4.98 Å². The average Bonchev–Trinajstić information content (AvgIpc) is 3.00. The van der Waals surface area contributed by atoms with Crippen LogP contribution in [0.3, 0.4) is 0 Å². The van der Waals surface area contributed by atoms with Crippen molar-refractivity contribution in [3.63, 3.8) is 0 Å². The second-order valence-electron chi connectivity index (χ2n) is 5.84. The number of aromatic nitrogens is 1. The molecular formula is C14H21NOS. The van der Waals surface area contributed by atoms with Crippen LogP contribution in [0.25, 0.3) is 0 Å². The number of nitrogens with zero attached hydrogens (tertiary/aromatic N) is 1. The molecule has 0 unspecified atom stereocenters. The van der Waals surface area contributed by atoms with Crippen LogP contribution in [-0.2, 0) is 6.42 Å². The van der Waals surface area contributed by atoms with Crippen LogP contribution >= 0.6 is 11.3 Å². The smallest absolute Gasteiger partial charge is 0.0934 e. The fraction of sp³-hybridized carbons (Fsp3) is 0.786. The van der Waals surface area contributed by atoms with Crippen LogP contribution in [0.5, 0.6) is 0 Å². The zero-order valence-electron chi connectivity index (χ0n) is 10.3. The Morgan fingerprint density at radius 1 is 1.29 bits per heavy atom. The first kappa shape index (κ1) is 11.7. The molecule has 3 rings (SSSR count). The summed E-state index contributed by atoms with van der Waals surface area (Å²) in [5.74, 6) is 0.720. The van der Waals surface area contributed by atoms with E-state index in [0.717, 1.165) is 12.3 Å². The SMILES string of the molecule is OCC1(Cc2nc(C3CCCCC3)cs2)CC1. The summed E-state index contributed by atoms with van der Waals surface area (Å²) in [6.45, 7) is 0.339. The van der Waals surface area contributed by atoms with Gasteiger partial charge in [0.15, 0.2) is 0 Å². The van der Waals surface area contributed by atoms with Crippen molar-refractivity contribution in [2.45, 2.75) is 57.3 Å². The predicted octanol–water partition coefficient (Wildman–Crippen LogP) is 3.51. The van der Waals surface area contributed by atoms with Gasteiger partial charge < -0.3 is 5.11 Å². The lowest BCUT2D eigenvalue weighted by Crippen LogP contribution is -2.10. The molecule has 0 atom stereocenters. The number of thiazole rings is 1. The highest BCUT2D eigenvalue weighted by Crippen LogP contribution is 2.48. The van der Waals surface area contributed by atoms with Crippen LogP contribution in [0, 0.1) is 5.41 Å². The van der Waals surface area contributed by atoms with Gasteiger partial charge in [0.25, 0.3) is 0 Å². The minimum absolute atomic E-state index is 0.210. The Labute approximate surface area is 107 Å². The molecule has 0 saturated heterocycles. The molecule has 0 spiro atoms. The Balaban J connectivity index is 1.65. The van der Waals surface area contributed by atoms with Gasteiger partial charge in [0, 0.05) is 24.3 Å². The van der Waals surface area contributed by atoms with Gasteiger partial charge in [-0.15, -0.1) is 11.3 Å². The van der Waals surface area contributed by atoms with E-state index >= 15 is 0 Å². The molecule has 94 valence electrons. The minimum Gasteiger partial charge on any atom is -0.396 e. The zero-order chi connectivity index (χ0) is 11.7. The van der Waals surface area contributed by atoms with Crippen LogP contribution in [0.15, 0.2) is 5.38 Å². The van der Waals surface area contributed by atoms with E-state index in [2.05, 4.69) is 5.38 Å². The molecule has 0 radical (unpaired) electrons. The summed E-state index contributed by atoms with van der Waals surface area (Å²) in [4.78, 5) is 4.81. The molecule has 2 fully saturated rings. The van der Waals surface area contributed by atoms with Gasteiger partial charge in [-0.05, 0) is 31.1 Å². The third-order valence-electron chi connectivity index (χ3n) is 4.41. The van der Waals surface area contributed by atoms with Crippen LogP contribution < -0.4 is 0 Å². The van der Waals surface area contributed by atoms with Crippen molar-refractivity contribution in [1.29, 1.82) is 0 Å². The number of aliphatic hydroxyl groups is 1. The first-order chi connectivity index (χ1) is 8.31. The Bertz CT molecular complexity index is 377. The Kier molecular flexibility index (Phi) is 3.22. The lowest BCUT2D eigenvalue weighted by Gasteiger charge is -2.19. The first-order valence-corrected chi connectivity index (χ1v) is 7.74. The molecule has 2 aliphatic rings. The molecule has 0 aliphatic heterocycles. The van der Waals surface area contributed by atoms with E-state index < -0.39 is 0 Å². The number of aliphatic hydroxyl groups excluding tert-OH is 1. The molecule has 2 saturated carbocycles. The number of rotatable bonds is 4. The van der Waals surface area contributed by atoms with Crippen LogP contribution in [0.4, 0.5) is 0 Å². The Morgan fingerprint density at radius 2 is 2.06 bits per heavy atom. The Morgan fingerprint density at radius 3 is 2.71 bits per heavy atom. The molecule has 1 aromatic rings. The maximum Gasteiger partial charge on any atom is 0.0934 e.